The summed E-state index contributed by atoms with van der Waals surface area (Å²) >= 11 is 0. The number of carbonyl (C=O) groups excluding carboxylic acids is 1. The average Bonchev–Trinajstić information content (AvgIpc) is 2.90. The Morgan fingerprint density at radius 2 is 1.96 bits per heavy atom. The van der Waals surface area contributed by atoms with Crippen LogP contribution in [0.25, 0.3) is 0 Å². The SMILES string of the molecule is CCN(CC)c1ccc(NC(=O)N(C)C2CCS(=O)(=O)C2)c(C)c1. The van der Waals surface area contributed by atoms with Crippen LogP contribution in [0.2, 0.25) is 0 Å². The van der Waals surface area contributed by atoms with Gasteiger partial charge in [-0.3, -0.25) is 0 Å². The summed E-state index contributed by atoms with van der Waals surface area (Å²) in [5.74, 6) is 0.212. The smallest absolute Gasteiger partial charge is 0.321 e. The molecular weight excluding hydrogens is 326 g/mol. The molecule has 1 N–H and O–H groups in total. The molecule has 1 aliphatic heterocycles. The standard InChI is InChI=1S/C17H27N3O3S/c1-5-20(6-2)14-7-8-16(13(3)11-14)18-17(21)19(4)15-9-10-24(22,23)12-15/h7-8,11,15H,5-6,9-10,12H2,1-4H3,(H,18,21). The first kappa shape index (κ1) is 18.6. The maximum atomic E-state index is 12.4. The van der Waals surface area contributed by atoms with Gasteiger partial charge in [0.15, 0.2) is 9.84 Å². The first-order valence-corrected chi connectivity index (χ1v) is 10.2. The highest BCUT2D eigenvalue weighted by atomic mass is 32.2. The Hall–Kier alpha value is -1.76. The van der Waals surface area contributed by atoms with Crippen molar-refractivity contribution >= 4 is 27.2 Å². The maximum Gasteiger partial charge on any atom is 0.321 e. The van der Waals surface area contributed by atoms with Crippen LogP contribution in [0.4, 0.5) is 16.2 Å². The first-order chi connectivity index (χ1) is 11.3. The summed E-state index contributed by atoms with van der Waals surface area (Å²) in [4.78, 5) is 16.1. The molecular formula is C17H27N3O3S. The van der Waals surface area contributed by atoms with Crippen molar-refractivity contribution in [3.8, 4) is 0 Å². The van der Waals surface area contributed by atoms with Crippen molar-refractivity contribution in [1.29, 1.82) is 0 Å². The van der Waals surface area contributed by atoms with Crippen LogP contribution in [0.15, 0.2) is 18.2 Å². The molecule has 0 spiro atoms. The number of rotatable bonds is 5. The van der Waals surface area contributed by atoms with Crippen molar-refractivity contribution < 1.29 is 13.2 Å². The van der Waals surface area contributed by atoms with Crippen LogP contribution < -0.4 is 10.2 Å². The van der Waals surface area contributed by atoms with Gasteiger partial charge in [0, 0.05) is 37.6 Å². The van der Waals surface area contributed by atoms with Gasteiger partial charge in [-0.05, 0) is 51.0 Å². The molecule has 0 radical (unpaired) electrons. The van der Waals surface area contributed by atoms with Gasteiger partial charge < -0.3 is 15.1 Å². The zero-order valence-electron chi connectivity index (χ0n) is 14.9. The fraction of sp³-hybridized carbons (Fsp3) is 0.588. The average molecular weight is 353 g/mol. The van der Waals surface area contributed by atoms with Gasteiger partial charge in [-0.15, -0.1) is 0 Å². The molecule has 1 atom stereocenters. The zero-order valence-corrected chi connectivity index (χ0v) is 15.7. The van der Waals surface area contributed by atoms with Crippen LogP contribution in [-0.2, 0) is 9.84 Å². The van der Waals surface area contributed by atoms with E-state index in [4.69, 9.17) is 0 Å². The van der Waals surface area contributed by atoms with Crippen molar-refractivity contribution in [3.63, 3.8) is 0 Å². The Kier molecular flexibility index (Phi) is 5.74. The van der Waals surface area contributed by atoms with Gasteiger partial charge in [0.1, 0.15) is 0 Å². The van der Waals surface area contributed by atoms with Gasteiger partial charge in [0.25, 0.3) is 0 Å². The Bertz CT molecular complexity index is 699. The number of hydrogen-bond donors (Lipinski definition) is 1. The molecule has 1 saturated heterocycles. The molecule has 0 bridgehead atoms. The number of nitrogens with zero attached hydrogens (tertiary/aromatic N) is 2. The molecule has 1 aromatic rings. The lowest BCUT2D eigenvalue weighted by atomic mass is 10.1. The Morgan fingerprint density at radius 3 is 2.46 bits per heavy atom. The van der Waals surface area contributed by atoms with E-state index >= 15 is 0 Å². The number of hydrogen-bond acceptors (Lipinski definition) is 4. The maximum absolute atomic E-state index is 12.4. The van der Waals surface area contributed by atoms with E-state index in [0.29, 0.717) is 6.42 Å². The lowest BCUT2D eigenvalue weighted by Gasteiger charge is -2.25. The van der Waals surface area contributed by atoms with Crippen LogP contribution >= 0.6 is 0 Å². The molecule has 1 aliphatic rings. The van der Waals surface area contributed by atoms with Crippen LogP contribution in [0.5, 0.6) is 0 Å². The molecule has 134 valence electrons. The summed E-state index contributed by atoms with van der Waals surface area (Å²) in [6.07, 6.45) is 0.506. The minimum atomic E-state index is -3.00. The molecule has 7 heteroatoms. The van der Waals surface area contributed by atoms with E-state index in [1.807, 2.05) is 19.1 Å². The molecule has 1 heterocycles. The number of urea groups is 1. The molecule has 0 aliphatic carbocycles. The minimum Gasteiger partial charge on any atom is -0.372 e. The van der Waals surface area contributed by atoms with E-state index in [2.05, 4.69) is 30.1 Å². The second-order valence-corrected chi connectivity index (χ2v) is 8.50. The van der Waals surface area contributed by atoms with Crippen molar-refractivity contribution in [2.24, 2.45) is 0 Å². The highest BCUT2D eigenvalue weighted by molar-refractivity contribution is 7.91. The van der Waals surface area contributed by atoms with Gasteiger partial charge in [-0.2, -0.15) is 0 Å². The van der Waals surface area contributed by atoms with E-state index in [9.17, 15) is 13.2 Å². The van der Waals surface area contributed by atoms with E-state index in [0.717, 1.165) is 30.0 Å². The normalized spacial score (nSPS) is 19.1. The molecule has 6 nitrogen and oxygen atoms in total. The van der Waals surface area contributed by atoms with Crippen LogP contribution in [0, 0.1) is 6.92 Å². The third-order valence-electron chi connectivity index (χ3n) is 4.66. The van der Waals surface area contributed by atoms with Crippen molar-refractivity contribution in [1.82, 2.24) is 4.90 Å². The largest absolute Gasteiger partial charge is 0.372 e. The van der Waals surface area contributed by atoms with Crippen LogP contribution in [0.3, 0.4) is 0 Å². The number of carbonyl (C=O) groups is 1. The highest BCUT2D eigenvalue weighted by Gasteiger charge is 2.32. The topological polar surface area (TPSA) is 69.7 Å². The van der Waals surface area contributed by atoms with Crippen LogP contribution in [0.1, 0.15) is 25.8 Å². The summed E-state index contributed by atoms with van der Waals surface area (Å²) in [6.45, 7) is 8.04. The second kappa shape index (κ2) is 7.42. The fourth-order valence-corrected chi connectivity index (χ4v) is 4.80. The molecule has 1 fully saturated rings. The molecule has 0 aromatic heterocycles. The Morgan fingerprint density at radius 1 is 1.29 bits per heavy atom. The summed E-state index contributed by atoms with van der Waals surface area (Å²) in [5.41, 5.74) is 2.87. The fourth-order valence-electron chi connectivity index (χ4n) is 3.02. The third kappa shape index (κ3) is 4.20. The van der Waals surface area contributed by atoms with E-state index in [-0.39, 0.29) is 23.6 Å². The molecule has 24 heavy (non-hydrogen) atoms. The number of nitrogens with one attached hydrogen (secondary N) is 1. The summed E-state index contributed by atoms with van der Waals surface area (Å²) in [5, 5.41) is 2.89. The number of benzene rings is 1. The minimum absolute atomic E-state index is 0.0524. The predicted molar refractivity (Wildman–Crippen MR) is 98.6 cm³/mol. The summed E-state index contributed by atoms with van der Waals surface area (Å²) in [7, 11) is -1.35. The lowest BCUT2D eigenvalue weighted by Crippen LogP contribution is -2.40. The van der Waals surface area contributed by atoms with E-state index in [1.165, 1.54) is 4.90 Å². The second-order valence-electron chi connectivity index (χ2n) is 6.27. The van der Waals surface area contributed by atoms with E-state index < -0.39 is 9.84 Å². The number of sulfone groups is 1. The molecule has 2 amide bonds. The first-order valence-electron chi connectivity index (χ1n) is 8.37. The summed E-state index contributed by atoms with van der Waals surface area (Å²) < 4.78 is 23.2. The van der Waals surface area contributed by atoms with Crippen molar-refractivity contribution in [2.45, 2.75) is 33.2 Å². The molecule has 2 rings (SSSR count). The molecule has 0 saturated carbocycles. The van der Waals surface area contributed by atoms with Gasteiger partial charge in [0.2, 0.25) is 0 Å². The monoisotopic (exact) mass is 353 g/mol. The number of amides is 2. The van der Waals surface area contributed by atoms with E-state index in [1.54, 1.807) is 7.05 Å². The van der Waals surface area contributed by atoms with Gasteiger partial charge in [-0.25, -0.2) is 13.2 Å². The van der Waals surface area contributed by atoms with Gasteiger partial charge in [0.05, 0.1) is 11.5 Å². The Labute approximate surface area is 144 Å². The van der Waals surface area contributed by atoms with Crippen LogP contribution in [-0.4, -0.2) is 57.0 Å². The number of aryl methyl sites for hydroxylation is 1. The lowest BCUT2D eigenvalue weighted by molar-refractivity contribution is 0.209. The summed E-state index contributed by atoms with van der Waals surface area (Å²) in [6, 6.07) is 5.44. The van der Waals surface area contributed by atoms with Gasteiger partial charge >= 0.3 is 6.03 Å². The van der Waals surface area contributed by atoms with Crippen molar-refractivity contribution in [2.75, 3.05) is 41.9 Å². The van der Waals surface area contributed by atoms with Crippen molar-refractivity contribution in [3.05, 3.63) is 23.8 Å². The zero-order chi connectivity index (χ0) is 17.9. The Balaban J connectivity index is 2.06. The highest BCUT2D eigenvalue weighted by Crippen LogP contribution is 2.24. The third-order valence-corrected chi connectivity index (χ3v) is 6.41. The predicted octanol–water partition coefficient (Wildman–Crippen LogP) is 2.49. The molecule has 1 unspecified atom stereocenters. The molecule has 1 aromatic carbocycles. The number of anilines is 2. The quantitative estimate of drug-likeness (QED) is 0.883. The van der Waals surface area contributed by atoms with Gasteiger partial charge in [-0.1, -0.05) is 0 Å².